The average molecular weight is 241 g/mol. The zero-order valence-electron chi connectivity index (χ0n) is 13.6. The van der Waals surface area contributed by atoms with E-state index < -0.39 is 0 Å². The van der Waals surface area contributed by atoms with Crippen LogP contribution in [0.1, 0.15) is 67.2 Å². The number of hydrogen-bond donors (Lipinski definition) is 0. The zero-order valence-corrected chi connectivity index (χ0v) is 13.6. The second-order valence-electron chi connectivity index (χ2n) is 6.60. The molecule has 1 nitrogen and oxygen atoms in total. The fourth-order valence-corrected chi connectivity index (χ4v) is 3.54. The van der Waals surface area contributed by atoms with Gasteiger partial charge in [-0.3, -0.25) is 0 Å². The molecule has 0 rings (SSSR count). The van der Waals surface area contributed by atoms with Gasteiger partial charge < -0.3 is 4.90 Å². The Morgan fingerprint density at radius 2 is 1.53 bits per heavy atom. The Morgan fingerprint density at radius 3 is 1.82 bits per heavy atom. The lowest BCUT2D eigenvalue weighted by Crippen LogP contribution is -2.45. The Morgan fingerprint density at radius 1 is 1.00 bits per heavy atom. The first-order valence-electron chi connectivity index (χ1n) is 7.42. The van der Waals surface area contributed by atoms with Gasteiger partial charge >= 0.3 is 0 Å². The maximum Gasteiger partial charge on any atom is 0.000632 e. The standard InChI is InChI=1S/C16H35N/c1-9-12-15(5,10-2)16(6,11-3)14(4)13-17(7)8/h14H,9-13H2,1-8H3. The van der Waals surface area contributed by atoms with Crippen molar-refractivity contribution in [2.45, 2.75) is 67.2 Å². The third-order valence-electron chi connectivity index (χ3n) is 5.42. The highest BCUT2D eigenvalue weighted by Crippen LogP contribution is 2.52. The van der Waals surface area contributed by atoms with Crippen molar-refractivity contribution in [3.05, 3.63) is 0 Å². The van der Waals surface area contributed by atoms with Gasteiger partial charge in [0.1, 0.15) is 0 Å². The molecule has 3 unspecified atom stereocenters. The smallest absolute Gasteiger partial charge is 0.000632 e. The topological polar surface area (TPSA) is 3.24 Å². The summed E-state index contributed by atoms with van der Waals surface area (Å²) in [5.74, 6) is 0.749. The summed E-state index contributed by atoms with van der Waals surface area (Å²) in [4.78, 5) is 2.33. The van der Waals surface area contributed by atoms with E-state index in [1.807, 2.05) is 0 Å². The summed E-state index contributed by atoms with van der Waals surface area (Å²) in [6.07, 6.45) is 5.23. The second-order valence-corrected chi connectivity index (χ2v) is 6.60. The van der Waals surface area contributed by atoms with Gasteiger partial charge in [-0.1, -0.05) is 54.4 Å². The molecule has 0 amide bonds. The summed E-state index contributed by atoms with van der Waals surface area (Å²) < 4.78 is 0. The molecule has 0 bridgehead atoms. The van der Waals surface area contributed by atoms with Gasteiger partial charge in [0, 0.05) is 6.54 Å². The van der Waals surface area contributed by atoms with Gasteiger partial charge in [0.2, 0.25) is 0 Å². The van der Waals surface area contributed by atoms with Crippen LogP contribution in [0.15, 0.2) is 0 Å². The maximum absolute atomic E-state index is 2.51. The van der Waals surface area contributed by atoms with Gasteiger partial charge in [-0.25, -0.2) is 0 Å². The van der Waals surface area contributed by atoms with E-state index in [0.717, 1.165) is 5.92 Å². The first kappa shape index (κ1) is 17.0. The molecule has 0 aromatic heterocycles. The molecule has 1 heteroatoms. The van der Waals surface area contributed by atoms with E-state index in [2.05, 4.69) is 60.5 Å². The largest absolute Gasteiger partial charge is 0.309 e. The Hall–Kier alpha value is -0.0400. The van der Waals surface area contributed by atoms with Crippen LogP contribution in [-0.4, -0.2) is 25.5 Å². The number of nitrogens with zero attached hydrogens (tertiary/aromatic N) is 1. The zero-order chi connectivity index (χ0) is 13.7. The minimum absolute atomic E-state index is 0.446. The molecule has 0 aliphatic carbocycles. The minimum atomic E-state index is 0.446. The van der Waals surface area contributed by atoms with E-state index >= 15 is 0 Å². The van der Waals surface area contributed by atoms with Crippen LogP contribution in [0, 0.1) is 16.7 Å². The van der Waals surface area contributed by atoms with Gasteiger partial charge in [-0.15, -0.1) is 0 Å². The first-order chi connectivity index (χ1) is 7.77. The van der Waals surface area contributed by atoms with Crippen LogP contribution >= 0.6 is 0 Å². The molecule has 0 heterocycles. The highest BCUT2D eigenvalue weighted by atomic mass is 15.1. The van der Waals surface area contributed by atoms with Crippen molar-refractivity contribution in [3.8, 4) is 0 Å². The molecule has 0 saturated carbocycles. The third kappa shape index (κ3) is 3.71. The molecular formula is C16H35N. The normalized spacial score (nSPS) is 21.0. The van der Waals surface area contributed by atoms with Crippen LogP contribution in [0.5, 0.6) is 0 Å². The Balaban J connectivity index is 5.07. The molecule has 0 aromatic rings. The van der Waals surface area contributed by atoms with E-state index in [-0.39, 0.29) is 0 Å². The SMILES string of the molecule is CCCC(C)(CC)C(C)(CC)C(C)CN(C)C. The molecule has 3 atom stereocenters. The highest BCUT2D eigenvalue weighted by Gasteiger charge is 2.44. The number of rotatable bonds is 8. The predicted molar refractivity (Wildman–Crippen MR) is 79.4 cm³/mol. The molecule has 0 aromatic carbocycles. The molecular weight excluding hydrogens is 206 g/mol. The van der Waals surface area contributed by atoms with Crippen molar-refractivity contribution >= 4 is 0 Å². The lowest BCUT2D eigenvalue weighted by atomic mass is 9.55. The van der Waals surface area contributed by atoms with E-state index in [1.165, 1.54) is 32.2 Å². The summed E-state index contributed by atoms with van der Waals surface area (Å²) in [6.45, 7) is 15.7. The maximum atomic E-state index is 2.51. The summed E-state index contributed by atoms with van der Waals surface area (Å²) in [6, 6.07) is 0. The Bertz CT molecular complexity index is 212. The van der Waals surface area contributed by atoms with Gasteiger partial charge in [0.15, 0.2) is 0 Å². The molecule has 17 heavy (non-hydrogen) atoms. The summed E-state index contributed by atoms with van der Waals surface area (Å²) in [5, 5.41) is 0. The molecule has 104 valence electrons. The van der Waals surface area contributed by atoms with Crippen LogP contribution in [0.25, 0.3) is 0 Å². The van der Waals surface area contributed by atoms with Crippen LogP contribution in [-0.2, 0) is 0 Å². The monoisotopic (exact) mass is 241 g/mol. The molecule has 0 radical (unpaired) electrons. The molecule has 0 saturated heterocycles. The van der Waals surface area contributed by atoms with Crippen molar-refractivity contribution in [1.29, 1.82) is 0 Å². The van der Waals surface area contributed by atoms with Gasteiger partial charge in [-0.2, -0.15) is 0 Å². The van der Waals surface area contributed by atoms with Gasteiger partial charge in [0.25, 0.3) is 0 Å². The highest BCUT2D eigenvalue weighted by molar-refractivity contribution is 4.94. The van der Waals surface area contributed by atoms with Crippen molar-refractivity contribution in [1.82, 2.24) is 4.90 Å². The average Bonchev–Trinajstić information content (AvgIpc) is 2.26. The fourth-order valence-electron chi connectivity index (χ4n) is 3.54. The van der Waals surface area contributed by atoms with Gasteiger partial charge in [-0.05, 0) is 43.7 Å². The first-order valence-corrected chi connectivity index (χ1v) is 7.42. The summed E-state index contributed by atoms with van der Waals surface area (Å²) >= 11 is 0. The van der Waals surface area contributed by atoms with Crippen molar-refractivity contribution in [3.63, 3.8) is 0 Å². The van der Waals surface area contributed by atoms with Crippen LogP contribution in [0.4, 0.5) is 0 Å². The molecule has 0 fully saturated rings. The van der Waals surface area contributed by atoms with Crippen molar-refractivity contribution in [2.75, 3.05) is 20.6 Å². The van der Waals surface area contributed by atoms with E-state index in [0.29, 0.717) is 10.8 Å². The van der Waals surface area contributed by atoms with Crippen molar-refractivity contribution < 1.29 is 0 Å². The Labute approximate surface area is 110 Å². The van der Waals surface area contributed by atoms with Crippen LogP contribution in [0.2, 0.25) is 0 Å². The van der Waals surface area contributed by atoms with Crippen LogP contribution in [0.3, 0.4) is 0 Å². The molecule has 0 spiro atoms. The Kier molecular flexibility index (Phi) is 6.76. The lowest BCUT2D eigenvalue weighted by molar-refractivity contribution is -0.0122. The number of hydrogen-bond acceptors (Lipinski definition) is 1. The third-order valence-corrected chi connectivity index (χ3v) is 5.42. The summed E-state index contributed by atoms with van der Waals surface area (Å²) in [7, 11) is 4.38. The minimum Gasteiger partial charge on any atom is -0.309 e. The molecule has 0 N–H and O–H groups in total. The predicted octanol–water partition coefficient (Wildman–Crippen LogP) is 4.82. The quantitative estimate of drug-likeness (QED) is 0.589. The van der Waals surface area contributed by atoms with Gasteiger partial charge in [0.05, 0.1) is 0 Å². The van der Waals surface area contributed by atoms with E-state index in [1.54, 1.807) is 0 Å². The van der Waals surface area contributed by atoms with E-state index in [9.17, 15) is 0 Å². The molecule has 0 aliphatic heterocycles. The van der Waals surface area contributed by atoms with Crippen molar-refractivity contribution in [2.24, 2.45) is 16.7 Å². The van der Waals surface area contributed by atoms with Crippen LogP contribution < -0.4 is 0 Å². The molecule has 0 aliphatic rings. The summed E-state index contributed by atoms with van der Waals surface area (Å²) in [5.41, 5.74) is 0.925. The second kappa shape index (κ2) is 6.78. The lowest BCUT2D eigenvalue weighted by Gasteiger charge is -2.51. The van der Waals surface area contributed by atoms with E-state index in [4.69, 9.17) is 0 Å². The fraction of sp³-hybridized carbons (Fsp3) is 1.00.